The van der Waals surface area contributed by atoms with Crippen molar-refractivity contribution in [2.75, 3.05) is 67.2 Å². The van der Waals surface area contributed by atoms with E-state index in [1.54, 1.807) is 0 Å². The van der Waals surface area contributed by atoms with Crippen molar-refractivity contribution in [2.24, 2.45) is 0 Å². The van der Waals surface area contributed by atoms with Crippen LogP contribution in [-0.2, 0) is 4.74 Å². The molecule has 7 heteroatoms. The van der Waals surface area contributed by atoms with Gasteiger partial charge in [-0.25, -0.2) is 4.98 Å². The lowest BCUT2D eigenvalue weighted by atomic mass is 10.2. The first-order chi connectivity index (χ1) is 14.3. The second kappa shape index (κ2) is 8.05. The zero-order valence-corrected chi connectivity index (χ0v) is 17.1. The van der Waals surface area contributed by atoms with Gasteiger partial charge in [-0.1, -0.05) is 23.7 Å². The van der Waals surface area contributed by atoms with Crippen LogP contribution in [0, 0.1) is 0 Å². The molecule has 5 rings (SSSR count). The quantitative estimate of drug-likeness (QED) is 0.660. The molecule has 0 radical (unpaired) electrons. The number of piperazine rings is 1. The first-order valence-electron chi connectivity index (χ1n) is 10.1. The lowest BCUT2D eigenvalue weighted by molar-refractivity contribution is 0.122. The highest BCUT2D eigenvalue weighted by atomic mass is 35.5. The van der Waals surface area contributed by atoms with Crippen LogP contribution in [0.5, 0.6) is 0 Å². The molecular weight excluding hydrogens is 386 g/mol. The number of aromatic nitrogens is 2. The van der Waals surface area contributed by atoms with Crippen molar-refractivity contribution in [3.8, 4) is 0 Å². The fourth-order valence-electron chi connectivity index (χ4n) is 4.02. The van der Waals surface area contributed by atoms with Gasteiger partial charge < -0.3 is 19.4 Å². The van der Waals surface area contributed by atoms with E-state index in [-0.39, 0.29) is 0 Å². The molecule has 0 amide bonds. The third-order valence-corrected chi connectivity index (χ3v) is 5.89. The van der Waals surface area contributed by atoms with Gasteiger partial charge in [0.15, 0.2) is 0 Å². The zero-order chi connectivity index (χ0) is 19.6. The molecule has 0 spiro atoms. The van der Waals surface area contributed by atoms with E-state index in [9.17, 15) is 0 Å². The maximum atomic E-state index is 6.03. The number of anilines is 3. The first-order valence-corrected chi connectivity index (χ1v) is 10.5. The van der Waals surface area contributed by atoms with Gasteiger partial charge in [-0.2, -0.15) is 4.98 Å². The van der Waals surface area contributed by atoms with Gasteiger partial charge in [0.25, 0.3) is 0 Å². The Morgan fingerprint density at radius 2 is 1.41 bits per heavy atom. The molecule has 0 bridgehead atoms. The average Bonchev–Trinajstić information content (AvgIpc) is 2.79. The van der Waals surface area contributed by atoms with E-state index in [1.165, 1.54) is 5.69 Å². The van der Waals surface area contributed by atoms with E-state index in [0.29, 0.717) is 0 Å². The van der Waals surface area contributed by atoms with E-state index >= 15 is 0 Å². The molecule has 2 fully saturated rings. The van der Waals surface area contributed by atoms with Gasteiger partial charge in [0.1, 0.15) is 5.82 Å². The minimum Gasteiger partial charge on any atom is -0.378 e. The van der Waals surface area contributed by atoms with Crippen LogP contribution in [0.3, 0.4) is 0 Å². The number of halogens is 1. The van der Waals surface area contributed by atoms with E-state index in [2.05, 4.69) is 45.0 Å². The molecule has 2 aliphatic heterocycles. The number of ether oxygens (including phenoxy) is 1. The summed E-state index contributed by atoms with van der Waals surface area (Å²) in [5.74, 6) is 1.84. The normalized spacial score (nSPS) is 17.8. The fraction of sp³-hybridized carbons (Fsp3) is 0.364. The van der Waals surface area contributed by atoms with Crippen LogP contribution >= 0.6 is 11.6 Å². The van der Waals surface area contributed by atoms with Crippen LogP contribution < -0.4 is 14.7 Å². The average molecular weight is 410 g/mol. The SMILES string of the molecule is Clc1ccc(N2CCN(c3nc(N4CCOCC4)c4ccccc4n3)CC2)cc1. The summed E-state index contributed by atoms with van der Waals surface area (Å²) < 4.78 is 5.53. The molecule has 0 atom stereocenters. The summed E-state index contributed by atoms with van der Waals surface area (Å²) in [7, 11) is 0. The second-order valence-corrected chi connectivity index (χ2v) is 7.85. The summed E-state index contributed by atoms with van der Waals surface area (Å²) in [4.78, 5) is 16.9. The van der Waals surface area contributed by atoms with Crippen molar-refractivity contribution in [1.29, 1.82) is 0 Å². The van der Waals surface area contributed by atoms with E-state index < -0.39 is 0 Å². The molecule has 3 heterocycles. The first kappa shape index (κ1) is 18.5. The summed E-state index contributed by atoms with van der Waals surface area (Å²) in [6, 6.07) is 16.4. The third-order valence-electron chi connectivity index (χ3n) is 5.64. The highest BCUT2D eigenvalue weighted by Gasteiger charge is 2.23. The summed E-state index contributed by atoms with van der Waals surface area (Å²) in [6.45, 7) is 6.87. The standard InChI is InChI=1S/C22H24ClN5O/c23-17-5-7-18(8-6-17)26-9-11-28(12-10-26)22-24-20-4-2-1-3-19(20)21(25-22)27-13-15-29-16-14-27/h1-8H,9-16H2. The predicted octanol–water partition coefficient (Wildman–Crippen LogP) is 3.45. The number of morpholine rings is 1. The summed E-state index contributed by atoms with van der Waals surface area (Å²) in [5.41, 5.74) is 2.21. The van der Waals surface area contributed by atoms with Crippen molar-refractivity contribution < 1.29 is 4.74 Å². The fourth-order valence-corrected chi connectivity index (χ4v) is 4.15. The van der Waals surface area contributed by atoms with Crippen LogP contribution in [0.1, 0.15) is 0 Å². The summed E-state index contributed by atoms with van der Waals surface area (Å²) >= 11 is 6.03. The van der Waals surface area contributed by atoms with Gasteiger partial charge in [0.05, 0.1) is 18.7 Å². The van der Waals surface area contributed by atoms with Gasteiger partial charge in [-0.3, -0.25) is 0 Å². The predicted molar refractivity (Wildman–Crippen MR) is 118 cm³/mol. The van der Waals surface area contributed by atoms with Crippen molar-refractivity contribution in [1.82, 2.24) is 9.97 Å². The van der Waals surface area contributed by atoms with E-state index in [0.717, 1.165) is 80.2 Å². The largest absolute Gasteiger partial charge is 0.378 e. The van der Waals surface area contributed by atoms with Crippen molar-refractivity contribution in [3.63, 3.8) is 0 Å². The molecule has 6 nitrogen and oxygen atoms in total. The highest BCUT2D eigenvalue weighted by molar-refractivity contribution is 6.30. The molecule has 0 unspecified atom stereocenters. The Morgan fingerprint density at radius 3 is 2.17 bits per heavy atom. The van der Waals surface area contributed by atoms with Crippen LogP contribution in [0.15, 0.2) is 48.5 Å². The lowest BCUT2D eigenvalue weighted by Gasteiger charge is -2.37. The van der Waals surface area contributed by atoms with Crippen molar-refractivity contribution >= 4 is 40.0 Å². The third kappa shape index (κ3) is 3.82. The molecule has 2 aromatic carbocycles. The molecular formula is C22H24ClN5O. The number of fused-ring (bicyclic) bond motifs is 1. The van der Waals surface area contributed by atoms with Crippen LogP contribution in [0.25, 0.3) is 10.9 Å². The number of hydrogen-bond acceptors (Lipinski definition) is 6. The smallest absolute Gasteiger partial charge is 0.228 e. The number of benzene rings is 2. The van der Waals surface area contributed by atoms with Crippen LogP contribution in [-0.4, -0.2) is 62.5 Å². The Bertz CT molecular complexity index is 982. The van der Waals surface area contributed by atoms with Crippen molar-refractivity contribution in [3.05, 3.63) is 53.6 Å². The monoisotopic (exact) mass is 409 g/mol. The minimum atomic E-state index is 0.743. The van der Waals surface area contributed by atoms with E-state index in [4.69, 9.17) is 26.3 Å². The highest BCUT2D eigenvalue weighted by Crippen LogP contribution is 2.28. The Morgan fingerprint density at radius 1 is 0.724 bits per heavy atom. The number of nitrogens with zero attached hydrogens (tertiary/aromatic N) is 5. The number of rotatable bonds is 3. The minimum absolute atomic E-state index is 0.743. The molecule has 2 saturated heterocycles. The van der Waals surface area contributed by atoms with Gasteiger partial charge in [-0.05, 0) is 36.4 Å². The maximum absolute atomic E-state index is 6.03. The molecule has 1 aromatic heterocycles. The molecule has 29 heavy (non-hydrogen) atoms. The van der Waals surface area contributed by atoms with Crippen LogP contribution in [0.2, 0.25) is 5.02 Å². The molecule has 3 aromatic rings. The molecule has 0 saturated carbocycles. The Kier molecular flexibility index (Phi) is 5.12. The maximum Gasteiger partial charge on any atom is 0.228 e. The summed E-state index contributed by atoms with van der Waals surface area (Å²) in [5, 5.41) is 1.88. The topological polar surface area (TPSA) is 44.7 Å². The lowest BCUT2D eigenvalue weighted by Crippen LogP contribution is -2.47. The zero-order valence-electron chi connectivity index (χ0n) is 16.3. The Hall–Kier alpha value is -2.57. The Labute approximate surface area is 175 Å². The molecule has 0 aliphatic carbocycles. The summed E-state index contributed by atoms with van der Waals surface area (Å²) in [6.07, 6.45) is 0. The molecule has 2 aliphatic rings. The van der Waals surface area contributed by atoms with Gasteiger partial charge in [-0.15, -0.1) is 0 Å². The molecule has 150 valence electrons. The van der Waals surface area contributed by atoms with Crippen LogP contribution in [0.4, 0.5) is 17.5 Å². The Balaban J connectivity index is 1.39. The number of para-hydroxylation sites is 1. The van der Waals surface area contributed by atoms with Gasteiger partial charge in [0.2, 0.25) is 5.95 Å². The van der Waals surface area contributed by atoms with Gasteiger partial charge in [0, 0.05) is 55.4 Å². The van der Waals surface area contributed by atoms with Crippen molar-refractivity contribution in [2.45, 2.75) is 0 Å². The molecule has 0 N–H and O–H groups in total. The van der Waals surface area contributed by atoms with E-state index in [1.807, 2.05) is 18.2 Å². The number of hydrogen-bond donors (Lipinski definition) is 0. The second-order valence-electron chi connectivity index (χ2n) is 7.41. The van der Waals surface area contributed by atoms with Gasteiger partial charge >= 0.3 is 0 Å².